The van der Waals surface area contributed by atoms with Crippen molar-refractivity contribution >= 4 is 29.1 Å². The van der Waals surface area contributed by atoms with Gasteiger partial charge in [0.2, 0.25) is 5.91 Å². The highest BCUT2D eigenvalue weighted by atomic mass is 35.5. The Bertz CT molecular complexity index is 933. The second kappa shape index (κ2) is 8.32. The summed E-state index contributed by atoms with van der Waals surface area (Å²) in [5, 5.41) is 2.76. The molecule has 2 amide bonds. The lowest BCUT2D eigenvalue weighted by molar-refractivity contribution is -0.140. The van der Waals surface area contributed by atoms with E-state index in [-0.39, 0.29) is 12.2 Å². The predicted molar refractivity (Wildman–Crippen MR) is 102 cm³/mol. The van der Waals surface area contributed by atoms with Crippen molar-refractivity contribution < 1.29 is 27.5 Å². The topological polar surface area (TPSA) is 58.6 Å². The molecule has 0 aromatic heterocycles. The third-order valence-corrected chi connectivity index (χ3v) is 4.74. The second-order valence-electron chi connectivity index (χ2n) is 6.51. The minimum atomic E-state index is -4.60. The number of nitrogens with zero attached hydrogens (tertiary/aromatic N) is 1. The summed E-state index contributed by atoms with van der Waals surface area (Å²) in [7, 11) is 0. The highest BCUT2D eigenvalue weighted by molar-refractivity contribution is 6.30. The van der Waals surface area contributed by atoms with Gasteiger partial charge in [-0.2, -0.15) is 13.2 Å². The fourth-order valence-electron chi connectivity index (χ4n) is 3.11. The SMILES string of the molecule is CCN(CC(=O)Nc1ccccc1C(F)(F)F)C(=O)C1Cc2cc(Cl)ccc2O1. The molecule has 1 atom stereocenters. The van der Waals surface area contributed by atoms with Crippen molar-refractivity contribution in [1.82, 2.24) is 4.90 Å². The summed E-state index contributed by atoms with van der Waals surface area (Å²) in [5.41, 5.74) is -0.516. The van der Waals surface area contributed by atoms with Crippen molar-refractivity contribution in [1.29, 1.82) is 0 Å². The van der Waals surface area contributed by atoms with E-state index >= 15 is 0 Å². The number of anilines is 1. The van der Waals surface area contributed by atoms with Crippen molar-refractivity contribution in [3.05, 3.63) is 58.6 Å². The van der Waals surface area contributed by atoms with E-state index in [0.717, 1.165) is 11.6 Å². The van der Waals surface area contributed by atoms with Gasteiger partial charge in [0.25, 0.3) is 5.91 Å². The maximum atomic E-state index is 13.1. The molecule has 0 bridgehead atoms. The second-order valence-corrected chi connectivity index (χ2v) is 6.94. The first-order valence-electron chi connectivity index (χ1n) is 8.89. The molecule has 0 saturated carbocycles. The minimum absolute atomic E-state index is 0.199. The number of benzene rings is 2. The van der Waals surface area contributed by atoms with Gasteiger partial charge in [-0.1, -0.05) is 23.7 Å². The molecule has 1 N–H and O–H groups in total. The van der Waals surface area contributed by atoms with Gasteiger partial charge in [0.15, 0.2) is 6.10 Å². The zero-order chi connectivity index (χ0) is 21.2. The van der Waals surface area contributed by atoms with Gasteiger partial charge in [-0.05, 0) is 42.8 Å². The number of ether oxygens (including phenoxy) is 1. The van der Waals surface area contributed by atoms with E-state index in [2.05, 4.69) is 5.32 Å². The van der Waals surface area contributed by atoms with Crippen molar-refractivity contribution in [3.63, 3.8) is 0 Å². The normalized spacial score (nSPS) is 15.4. The van der Waals surface area contributed by atoms with Gasteiger partial charge < -0.3 is 15.0 Å². The van der Waals surface area contributed by atoms with Crippen LogP contribution in [0.3, 0.4) is 0 Å². The van der Waals surface area contributed by atoms with E-state index in [9.17, 15) is 22.8 Å². The molecule has 2 aromatic rings. The number of fused-ring (bicyclic) bond motifs is 1. The Morgan fingerprint density at radius 1 is 1.24 bits per heavy atom. The molecular formula is C20H18ClF3N2O3. The maximum absolute atomic E-state index is 13.1. The van der Waals surface area contributed by atoms with Crippen LogP contribution in [0.4, 0.5) is 18.9 Å². The number of amides is 2. The summed E-state index contributed by atoms with van der Waals surface area (Å²) in [6.07, 6.45) is -5.10. The molecule has 0 fully saturated rings. The van der Waals surface area contributed by atoms with Crippen LogP contribution in [0.15, 0.2) is 42.5 Å². The van der Waals surface area contributed by atoms with Crippen LogP contribution in [-0.2, 0) is 22.2 Å². The number of hydrogen-bond donors (Lipinski definition) is 1. The zero-order valence-corrected chi connectivity index (χ0v) is 16.2. The standard InChI is InChI=1S/C20H18ClF3N2O3/c1-2-26(19(28)17-10-12-9-13(21)7-8-16(12)29-17)11-18(27)25-15-6-4-3-5-14(15)20(22,23)24/h3-9,17H,2,10-11H2,1H3,(H,25,27). The molecule has 0 radical (unpaired) electrons. The summed E-state index contributed by atoms with van der Waals surface area (Å²) >= 11 is 5.95. The number of para-hydroxylation sites is 1. The largest absolute Gasteiger partial charge is 0.480 e. The van der Waals surface area contributed by atoms with Crippen LogP contribution < -0.4 is 10.1 Å². The van der Waals surface area contributed by atoms with Gasteiger partial charge >= 0.3 is 6.18 Å². The number of nitrogens with one attached hydrogen (secondary N) is 1. The summed E-state index contributed by atoms with van der Waals surface area (Å²) in [6, 6.07) is 9.70. The number of likely N-dealkylation sites (N-methyl/N-ethyl adjacent to an activating group) is 1. The average molecular weight is 427 g/mol. The Hall–Kier alpha value is -2.74. The van der Waals surface area contributed by atoms with E-state index in [1.807, 2.05) is 0 Å². The van der Waals surface area contributed by atoms with Gasteiger partial charge in [0.05, 0.1) is 17.8 Å². The molecule has 1 heterocycles. The van der Waals surface area contributed by atoms with Gasteiger partial charge in [-0.25, -0.2) is 0 Å². The number of hydrogen-bond acceptors (Lipinski definition) is 3. The molecule has 1 unspecified atom stereocenters. The van der Waals surface area contributed by atoms with Crippen LogP contribution in [0.1, 0.15) is 18.1 Å². The lowest BCUT2D eigenvalue weighted by atomic mass is 10.1. The Kier molecular flexibility index (Phi) is 6.02. The predicted octanol–water partition coefficient (Wildman–Crippen LogP) is 4.15. The summed E-state index contributed by atoms with van der Waals surface area (Å²) in [6.45, 7) is 1.48. The lowest BCUT2D eigenvalue weighted by Crippen LogP contribution is -2.45. The highest BCUT2D eigenvalue weighted by Crippen LogP contribution is 2.35. The molecule has 154 valence electrons. The molecule has 1 aliphatic heterocycles. The van der Waals surface area contributed by atoms with Crippen LogP contribution in [0.2, 0.25) is 5.02 Å². The number of alkyl halides is 3. The zero-order valence-electron chi connectivity index (χ0n) is 15.4. The van der Waals surface area contributed by atoms with Gasteiger partial charge in [0, 0.05) is 18.0 Å². The minimum Gasteiger partial charge on any atom is -0.480 e. The van der Waals surface area contributed by atoms with Crippen LogP contribution in [0, 0.1) is 0 Å². The monoisotopic (exact) mass is 426 g/mol. The molecule has 5 nitrogen and oxygen atoms in total. The molecule has 29 heavy (non-hydrogen) atoms. The lowest BCUT2D eigenvalue weighted by Gasteiger charge is -2.23. The van der Waals surface area contributed by atoms with Gasteiger partial charge in [0.1, 0.15) is 5.75 Å². The van der Waals surface area contributed by atoms with Crippen LogP contribution in [0.25, 0.3) is 0 Å². The van der Waals surface area contributed by atoms with Crippen molar-refractivity contribution in [2.75, 3.05) is 18.4 Å². The molecule has 0 aliphatic carbocycles. The summed E-state index contributed by atoms with van der Waals surface area (Å²) in [4.78, 5) is 26.3. The number of rotatable bonds is 5. The summed E-state index contributed by atoms with van der Waals surface area (Å²) in [5.74, 6) is -0.595. The summed E-state index contributed by atoms with van der Waals surface area (Å²) < 4.78 is 44.9. The number of halogens is 4. The fourth-order valence-corrected chi connectivity index (χ4v) is 3.30. The number of carbonyl (C=O) groups is 2. The van der Waals surface area contributed by atoms with Gasteiger partial charge in [-0.15, -0.1) is 0 Å². The van der Waals surface area contributed by atoms with Crippen LogP contribution >= 0.6 is 11.6 Å². The van der Waals surface area contributed by atoms with Gasteiger partial charge in [-0.3, -0.25) is 9.59 Å². The van der Waals surface area contributed by atoms with Crippen molar-refractivity contribution in [2.24, 2.45) is 0 Å². The molecule has 2 aromatic carbocycles. The van der Waals surface area contributed by atoms with E-state index in [0.29, 0.717) is 17.2 Å². The average Bonchev–Trinajstić information content (AvgIpc) is 3.08. The smallest absolute Gasteiger partial charge is 0.418 e. The van der Waals surface area contributed by atoms with Crippen LogP contribution in [-0.4, -0.2) is 35.9 Å². The third kappa shape index (κ3) is 4.82. The Labute approximate surface area is 170 Å². The highest BCUT2D eigenvalue weighted by Gasteiger charge is 2.35. The molecule has 9 heteroatoms. The van der Waals surface area contributed by atoms with Crippen molar-refractivity contribution in [3.8, 4) is 5.75 Å². The molecule has 3 rings (SSSR count). The Morgan fingerprint density at radius 2 is 1.97 bits per heavy atom. The van der Waals surface area contributed by atoms with Crippen molar-refractivity contribution in [2.45, 2.75) is 25.6 Å². The van der Waals surface area contributed by atoms with E-state index in [1.54, 1.807) is 25.1 Å². The first-order chi connectivity index (χ1) is 13.7. The molecule has 1 aliphatic rings. The molecule has 0 spiro atoms. The fraction of sp³-hybridized carbons (Fsp3) is 0.300. The first-order valence-corrected chi connectivity index (χ1v) is 9.26. The Balaban J connectivity index is 1.66. The van der Waals surface area contributed by atoms with E-state index in [4.69, 9.17) is 16.3 Å². The van der Waals surface area contributed by atoms with E-state index < -0.39 is 36.2 Å². The third-order valence-electron chi connectivity index (χ3n) is 4.51. The number of carbonyl (C=O) groups excluding carboxylic acids is 2. The quantitative estimate of drug-likeness (QED) is 0.781. The Morgan fingerprint density at radius 3 is 2.66 bits per heavy atom. The molecular weight excluding hydrogens is 409 g/mol. The van der Waals surface area contributed by atoms with E-state index in [1.165, 1.54) is 23.1 Å². The van der Waals surface area contributed by atoms with Crippen LogP contribution in [0.5, 0.6) is 5.75 Å². The maximum Gasteiger partial charge on any atom is 0.418 e. The molecule has 0 saturated heterocycles. The first kappa shape index (κ1) is 21.0.